The second kappa shape index (κ2) is 6.19. The number of fused-ring (bicyclic) bond motifs is 2. The number of halogens is 1. The summed E-state index contributed by atoms with van der Waals surface area (Å²) in [5, 5.41) is 10.9. The van der Waals surface area contributed by atoms with Gasteiger partial charge in [0.05, 0.1) is 14.2 Å². The fraction of sp³-hybridized carbons (Fsp3) is 0.368. The molecule has 4 rings (SSSR count). The topological polar surface area (TPSA) is 41.9 Å². The third-order valence-corrected chi connectivity index (χ3v) is 5.21. The molecular formula is C19H22ClNO3. The van der Waals surface area contributed by atoms with Crippen LogP contribution in [0, 0.1) is 0 Å². The third-order valence-electron chi connectivity index (χ3n) is 5.21. The zero-order valence-electron chi connectivity index (χ0n) is 14.1. The van der Waals surface area contributed by atoms with Gasteiger partial charge in [-0.1, -0.05) is 12.1 Å². The van der Waals surface area contributed by atoms with Crippen molar-refractivity contribution in [1.82, 2.24) is 4.90 Å². The van der Waals surface area contributed by atoms with Gasteiger partial charge in [0.2, 0.25) is 0 Å². The Kier molecular flexibility index (Phi) is 4.37. The quantitative estimate of drug-likeness (QED) is 0.901. The van der Waals surface area contributed by atoms with Crippen LogP contribution in [0.4, 0.5) is 0 Å². The Morgan fingerprint density at radius 3 is 2.54 bits per heavy atom. The maximum Gasteiger partial charge on any atom is 0.166 e. The first-order chi connectivity index (χ1) is 11.2. The van der Waals surface area contributed by atoms with E-state index >= 15 is 0 Å². The van der Waals surface area contributed by atoms with Crippen molar-refractivity contribution in [3.05, 3.63) is 41.0 Å². The van der Waals surface area contributed by atoms with Crippen molar-refractivity contribution in [2.24, 2.45) is 0 Å². The Morgan fingerprint density at radius 2 is 1.83 bits per heavy atom. The Hall–Kier alpha value is -1.91. The summed E-state index contributed by atoms with van der Waals surface area (Å²) >= 11 is 0. The lowest BCUT2D eigenvalue weighted by Gasteiger charge is -2.40. The summed E-state index contributed by atoms with van der Waals surface area (Å²) in [5.41, 5.74) is 5.61. The molecule has 128 valence electrons. The van der Waals surface area contributed by atoms with Crippen LogP contribution in [0.1, 0.15) is 22.7 Å². The van der Waals surface area contributed by atoms with E-state index in [9.17, 15) is 5.11 Å². The van der Waals surface area contributed by atoms with E-state index in [-0.39, 0.29) is 18.2 Å². The van der Waals surface area contributed by atoms with Gasteiger partial charge in [-0.3, -0.25) is 4.90 Å². The smallest absolute Gasteiger partial charge is 0.166 e. The molecule has 4 nitrogen and oxygen atoms in total. The summed E-state index contributed by atoms with van der Waals surface area (Å²) in [6, 6.07) is 8.39. The fourth-order valence-corrected chi connectivity index (χ4v) is 4.05. The van der Waals surface area contributed by atoms with Crippen LogP contribution in [0.25, 0.3) is 11.1 Å². The summed E-state index contributed by atoms with van der Waals surface area (Å²) in [6.45, 7) is 1.02. The van der Waals surface area contributed by atoms with Gasteiger partial charge in [0.15, 0.2) is 11.5 Å². The molecule has 0 saturated heterocycles. The van der Waals surface area contributed by atoms with Crippen molar-refractivity contribution >= 4 is 12.4 Å². The molecule has 1 aliphatic carbocycles. The molecule has 2 aliphatic rings. The lowest BCUT2D eigenvalue weighted by atomic mass is 9.76. The molecule has 1 N–H and O–H groups in total. The highest BCUT2D eigenvalue weighted by atomic mass is 35.5. The SMILES string of the molecule is COc1cc2c3c(c1O)-c1c(cccc1OC)C[C@@H]3N(C)CC2.Cl. The Bertz CT molecular complexity index is 791. The monoisotopic (exact) mass is 347 g/mol. The molecule has 0 aromatic heterocycles. The second-order valence-electron chi connectivity index (χ2n) is 6.32. The van der Waals surface area contributed by atoms with Crippen molar-refractivity contribution < 1.29 is 14.6 Å². The van der Waals surface area contributed by atoms with E-state index < -0.39 is 0 Å². The highest BCUT2D eigenvalue weighted by Crippen LogP contribution is 2.54. The van der Waals surface area contributed by atoms with Gasteiger partial charge in [-0.05, 0) is 48.7 Å². The molecule has 0 saturated carbocycles. The molecule has 1 aliphatic heterocycles. The van der Waals surface area contributed by atoms with Crippen LogP contribution in [-0.4, -0.2) is 37.8 Å². The summed E-state index contributed by atoms with van der Waals surface area (Å²) in [4.78, 5) is 2.38. The minimum Gasteiger partial charge on any atom is -0.504 e. The first kappa shape index (κ1) is 16.9. The normalized spacial score (nSPS) is 18.2. The van der Waals surface area contributed by atoms with Gasteiger partial charge in [-0.15, -0.1) is 12.4 Å². The lowest BCUT2D eigenvalue weighted by molar-refractivity contribution is 0.226. The zero-order valence-corrected chi connectivity index (χ0v) is 14.9. The summed E-state index contributed by atoms with van der Waals surface area (Å²) in [5.74, 6) is 1.57. The van der Waals surface area contributed by atoms with E-state index in [2.05, 4.69) is 18.0 Å². The molecule has 0 radical (unpaired) electrons. The van der Waals surface area contributed by atoms with Crippen molar-refractivity contribution in [3.8, 4) is 28.4 Å². The maximum atomic E-state index is 10.9. The number of aromatic hydroxyl groups is 1. The number of ether oxygens (including phenoxy) is 2. The number of methoxy groups -OCH3 is 2. The van der Waals surface area contributed by atoms with Crippen LogP contribution in [-0.2, 0) is 12.8 Å². The lowest BCUT2D eigenvalue weighted by Crippen LogP contribution is -2.35. The Balaban J connectivity index is 0.00000169. The molecule has 0 bridgehead atoms. The Labute approximate surface area is 148 Å². The van der Waals surface area contributed by atoms with E-state index in [0.29, 0.717) is 11.8 Å². The average Bonchev–Trinajstić information content (AvgIpc) is 2.58. The van der Waals surface area contributed by atoms with Crippen LogP contribution in [0.5, 0.6) is 17.2 Å². The third kappa shape index (κ3) is 2.25. The van der Waals surface area contributed by atoms with E-state index in [1.54, 1.807) is 14.2 Å². The van der Waals surface area contributed by atoms with E-state index in [0.717, 1.165) is 36.3 Å². The zero-order chi connectivity index (χ0) is 16.1. The van der Waals surface area contributed by atoms with Crippen LogP contribution < -0.4 is 9.47 Å². The van der Waals surface area contributed by atoms with E-state index in [4.69, 9.17) is 9.47 Å². The van der Waals surface area contributed by atoms with Crippen molar-refractivity contribution in [1.29, 1.82) is 0 Å². The molecule has 0 amide bonds. The predicted molar refractivity (Wildman–Crippen MR) is 96.7 cm³/mol. The van der Waals surface area contributed by atoms with Crippen molar-refractivity contribution in [2.75, 3.05) is 27.8 Å². The maximum absolute atomic E-state index is 10.9. The molecule has 0 spiro atoms. The minimum absolute atomic E-state index is 0. The van der Waals surface area contributed by atoms with E-state index in [1.807, 2.05) is 18.2 Å². The standard InChI is InChI=1S/C19H21NO3.ClH/c1-20-8-7-12-10-15(23-3)19(21)18-16(12)13(20)9-11-5-4-6-14(22-2)17(11)18;/h4-6,10,13,21H,7-9H2,1-3H3;1H/t13-;/m0./s1. The van der Waals surface area contributed by atoms with Gasteiger partial charge in [-0.2, -0.15) is 0 Å². The van der Waals surface area contributed by atoms with Crippen LogP contribution in [0.2, 0.25) is 0 Å². The highest BCUT2D eigenvalue weighted by Gasteiger charge is 2.36. The number of benzene rings is 2. The van der Waals surface area contributed by atoms with Gasteiger partial charge >= 0.3 is 0 Å². The molecule has 2 aromatic rings. The summed E-state index contributed by atoms with van der Waals surface area (Å²) in [7, 11) is 5.44. The Morgan fingerprint density at radius 1 is 1.08 bits per heavy atom. The van der Waals surface area contributed by atoms with Crippen LogP contribution >= 0.6 is 12.4 Å². The first-order valence-corrected chi connectivity index (χ1v) is 7.95. The van der Waals surface area contributed by atoms with E-state index in [1.165, 1.54) is 16.7 Å². The van der Waals surface area contributed by atoms with Gasteiger partial charge < -0.3 is 14.6 Å². The van der Waals surface area contributed by atoms with Crippen LogP contribution in [0.15, 0.2) is 24.3 Å². The van der Waals surface area contributed by atoms with Gasteiger partial charge in [0.1, 0.15) is 5.75 Å². The van der Waals surface area contributed by atoms with Crippen LogP contribution in [0.3, 0.4) is 0 Å². The van der Waals surface area contributed by atoms with Gasteiger partial charge in [0.25, 0.3) is 0 Å². The number of rotatable bonds is 2. The van der Waals surface area contributed by atoms with Gasteiger partial charge in [0, 0.05) is 23.7 Å². The number of nitrogens with zero attached hydrogens (tertiary/aromatic N) is 1. The van der Waals surface area contributed by atoms with Crippen molar-refractivity contribution in [2.45, 2.75) is 18.9 Å². The van der Waals surface area contributed by atoms with Crippen molar-refractivity contribution in [3.63, 3.8) is 0 Å². The molecule has 1 atom stereocenters. The number of hydrogen-bond acceptors (Lipinski definition) is 4. The molecule has 5 heteroatoms. The number of phenols is 1. The predicted octanol–water partition coefficient (Wildman–Crippen LogP) is 3.58. The molecule has 24 heavy (non-hydrogen) atoms. The number of hydrogen-bond donors (Lipinski definition) is 1. The summed E-state index contributed by atoms with van der Waals surface area (Å²) < 4.78 is 11.0. The minimum atomic E-state index is 0. The molecule has 0 unspecified atom stereocenters. The molecule has 0 fully saturated rings. The molecule has 2 aromatic carbocycles. The molecular weight excluding hydrogens is 326 g/mol. The largest absolute Gasteiger partial charge is 0.504 e. The number of likely N-dealkylation sites (N-methyl/N-ethyl adjacent to an activating group) is 1. The summed E-state index contributed by atoms with van der Waals surface area (Å²) in [6.07, 6.45) is 1.91. The second-order valence-corrected chi connectivity index (χ2v) is 6.32. The molecule has 1 heterocycles. The first-order valence-electron chi connectivity index (χ1n) is 7.95. The highest BCUT2D eigenvalue weighted by molar-refractivity contribution is 5.86. The fourth-order valence-electron chi connectivity index (χ4n) is 4.05. The van der Waals surface area contributed by atoms with Gasteiger partial charge in [-0.25, -0.2) is 0 Å². The average molecular weight is 348 g/mol. The number of phenolic OH excluding ortho intramolecular Hbond substituents is 1.